The molecule has 0 aliphatic heterocycles. The zero-order valence-corrected chi connectivity index (χ0v) is 13.5. The fourth-order valence-electron chi connectivity index (χ4n) is 5.22. The molecule has 0 aromatic rings. The molecule has 4 aliphatic carbocycles. The number of halogens is 1. The topological polar surface area (TPSA) is 29.1 Å². The maximum atomic E-state index is 12.7. The van der Waals surface area contributed by atoms with E-state index >= 15 is 0 Å². The molecular weight excluding hydrogens is 302 g/mol. The number of carbonyl (C=O) groups excluding carboxylic acids is 1. The van der Waals surface area contributed by atoms with Crippen LogP contribution in [-0.4, -0.2) is 17.3 Å². The second kappa shape index (κ2) is 5.38. The average molecular weight is 328 g/mol. The highest BCUT2D eigenvalue weighted by atomic mass is 79.9. The summed E-state index contributed by atoms with van der Waals surface area (Å²) < 4.78 is 0. The zero-order chi connectivity index (χ0) is 13.5. The third-order valence-electron chi connectivity index (χ3n) is 5.67. The number of nitrogens with one attached hydrogen (secondary N) is 1. The molecule has 4 rings (SSSR count). The highest BCUT2D eigenvalue weighted by Crippen LogP contribution is 2.60. The van der Waals surface area contributed by atoms with Crippen LogP contribution in [0.15, 0.2) is 0 Å². The first-order valence-corrected chi connectivity index (χ1v) is 9.10. The summed E-state index contributed by atoms with van der Waals surface area (Å²) >= 11 is 3.46. The van der Waals surface area contributed by atoms with Crippen LogP contribution in [0.2, 0.25) is 0 Å². The molecular formula is C16H26BrNO. The largest absolute Gasteiger partial charge is 0.353 e. The molecule has 4 saturated carbocycles. The minimum absolute atomic E-state index is 0.0252. The fraction of sp³-hybridized carbons (Fsp3) is 0.938. The van der Waals surface area contributed by atoms with E-state index in [0.717, 1.165) is 35.9 Å². The lowest BCUT2D eigenvalue weighted by atomic mass is 9.49. The standard InChI is InChI=1S/C16H26BrNO/c1-11(3-2-4-17)18-15(19)16-8-12-5-13(9-16)7-14(6-12)10-16/h11-14H,2-10H2,1H3,(H,18,19). The van der Waals surface area contributed by atoms with Crippen LogP contribution >= 0.6 is 15.9 Å². The van der Waals surface area contributed by atoms with E-state index in [1.165, 1.54) is 38.5 Å². The van der Waals surface area contributed by atoms with Crippen molar-refractivity contribution >= 4 is 21.8 Å². The maximum Gasteiger partial charge on any atom is 0.226 e. The fourth-order valence-corrected chi connectivity index (χ4v) is 5.54. The van der Waals surface area contributed by atoms with Gasteiger partial charge in [0.25, 0.3) is 0 Å². The summed E-state index contributed by atoms with van der Waals surface area (Å²) in [5, 5.41) is 4.34. The second-order valence-electron chi connectivity index (χ2n) is 7.40. The molecule has 3 heteroatoms. The highest BCUT2D eigenvalue weighted by molar-refractivity contribution is 9.09. The minimum atomic E-state index is 0.0252. The van der Waals surface area contributed by atoms with Gasteiger partial charge in [-0.3, -0.25) is 4.79 Å². The normalized spacial score (nSPS) is 41.3. The van der Waals surface area contributed by atoms with Gasteiger partial charge in [-0.25, -0.2) is 0 Å². The first-order chi connectivity index (χ1) is 9.11. The Morgan fingerprint density at radius 3 is 2.21 bits per heavy atom. The summed E-state index contributed by atoms with van der Waals surface area (Å²) in [6.45, 7) is 2.15. The van der Waals surface area contributed by atoms with Gasteiger partial charge < -0.3 is 5.32 Å². The number of hydrogen-bond donors (Lipinski definition) is 1. The molecule has 0 spiro atoms. The quantitative estimate of drug-likeness (QED) is 0.763. The Morgan fingerprint density at radius 1 is 1.21 bits per heavy atom. The van der Waals surface area contributed by atoms with E-state index in [2.05, 4.69) is 28.2 Å². The molecule has 0 heterocycles. The first-order valence-electron chi connectivity index (χ1n) is 7.98. The van der Waals surface area contributed by atoms with Gasteiger partial charge in [0, 0.05) is 16.8 Å². The summed E-state index contributed by atoms with van der Waals surface area (Å²) in [5.41, 5.74) is 0.0252. The van der Waals surface area contributed by atoms with Crippen molar-refractivity contribution in [2.45, 2.75) is 64.3 Å². The molecule has 108 valence electrons. The predicted octanol–water partition coefficient (Wildman–Crippen LogP) is 3.88. The van der Waals surface area contributed by atoms with Crippen LogP contribution in [0.1, 0.15) is 58.3 Å². The summed E-state index contributed by atoms with van der Waals surface area (Å²) in [7, 11) is 0. The molecule has 0 aromatic carbocycles. The number of alkyl halides is 1. The Labute approximate surface area is 125 Å². The molecule has 4 bridgehead atoms. The molecule has 4 fully saturated rings. The van der Waals surface area contributed by atoms with E-state index in [9.17, 15) is 4.79 Å². The Kier molecular flexibility index (Phi) is 3.94. The van der Waals surface area contributed by atoms with E-state index in [-0.39, 0.29) is 5.41 Å². The predicted molar refractivity (Wildman–Crippen MR) is 81.2 cm³/mol. The third kappa shape index (κ3) is 2.72. The van der Waals surface area contributed by atoms with Crippen LogP contribution < -0.4 is 5.32 Å². The van der Waals surface area contributed by atoms with E-state index in [4.69, 9.17) is 0 Å². The number of carbonyl (C=O) groups is 1. The van der Waals surface area contributed by atoms with Crippen LogP contribution in [0.4, 0.5) is 0 Å². The maximum absolute atomic E-state index is 12.7. The Bertz CT molecular complexity index is 319. The number of amides is 1. The van der Waals surface area contributed by atoms with Crippen molar-refractivity contribution in [2.24, 2.45) is 23.2 Å². The molecule has 0 aromatic heterocycles. The minimum Gasteiger partial charge on any atom is -0.353 e. The monoisotopic (exact) mass is 327 g/mol. The van der Waals surface area contributed by atoms with Crippen LogP contribution in [0, 0.1) is 23.2 Å². The zero-order valence-electron chi connectivity index (χ0n) is 12.0. The molecule has 0 radical (unpaired) electrons. The lowest BCUT2D eigenvalue weighted by Crippen LogP contribution is -2.54. The van der Waals surface area contributed by atoms with Crippen LogP contribution in [0.25, 0.3) is 0 Å². The molecule has 1 amide bonds. The molecule has 2 nitrogen and oxygen atoms in total. The van der Waals surface area contributed by atoms with E-state index in [0.29, 0.717) is 11.9 Å². The average Bonchev–Trinajstić information content (AvgIpc) is 2.34. The smallest absolute Gasteiger partial charge is 0.226 e. The molecule has 0 saturated heterocycles. The van der Waals surface area contributed by atoms with Crippen molar-refractivity contribution in [1.82, 2.24) is 5.32 Å². The van der Waals surface area contributed by atoms with Crippen molar-refractivity contribution in [1.29, 1.82) is 0 Å². The van der Waals surface area contributed by atoms with E-state index < -0.39 is 0 Å². The number of hydrogen-bond acceptors (Lipinski definition) is 1. The summed E-state index contributed by atoms with van der Waals surface area (Å²) in [4.78, 5) is 12.7. The molecule has 19 heavy (non-hydrogen) atoms. The number of rotatable bonds is 5. The van der Waals surface area contributed by atoms with E-state index in [1.807, 2.05) is 0 Å². The van der Waals surface area contributed by atoms with Gasteiger partial charge in [-0.05, 0) is 76.0 Å². The summed E-state index contributed by atoms with van der Waals surface area (Å²) in [6.07, 6.45) is 9.98. The van der Waals surface area contributed by atoms with Crippen molar-refractivity contribution < 1.29 is 4.79 Å². The van der Waals surface area contributed by atoms with Crippen molar-refractivity contribution in [2.75, 3.05) is 5.33 Å². The van der Waals surface area contributed by atoms with Gasteiger partial charge in [0.15, 0.2) is 0 Å². The Morgan fingerprint density at radius 2 is 1.74 bits per heavy atom. The van der Waals surface area contributed by atoms with Crippen molar-refractivity contribution in [3.63, 3.8) is 0 Å². The van der Waals surface area contributed by atoms with Crippen molar-refractivity contribution in [3.8, 4) is 0 Å². The second-order valence-corrected chi connectivity index (χ2v) is 8.20. The van der Waals surface area contributed by atoms with Crippen LogP contribution in [-0.2, 0) is 4.79 Å². The third-order valence-corrected chi connectivity index (χ3v) is 6.23. The van der Waals surface area contributed by atoms with Gasteiger partial charge in [-0.1, -0.05) is 15.9 Å². The lowest BCUT2D eigenvalue weighted by molar-refractivity contribution is -0.146. The molecule has 1 N–H and O–H groups in total. The molecule has 1 atom stereocenters. The Balaban J connectivity index is 1.63. The van der Waals surface area contributed by atoms with Gasteiger partial charge >= 0.3 is 0 Å². The highest BCUT2D eigenvalue weighted by Gasteiger charge is 2.54. The molecule has 4 aliphatic rings. The van der Waals surface area contributed by atoms with Gasteiger partial charge in [0.05, 0.1) is 0 Å². The lowest BCUT2D eigenvalue weighted by Gasteiger charge is -2.55. The molecule has 1 unspecified atom stereocenters. The van der Waals surface area contributed by atoms with Gasteiger partial charge in [0.2, 0.25) is 5.91 Å². The van der Waals surface area contributed by atoms with Gasteiger partial charge in [0.1, 0.15) is 0 Å². The Hall–Kier alpha value is -0.0500. The van der Waals surface area contributed by atoms with Crippen LogP contribution in [0.3, 0.4) is 0 Å². The van der Waals surface area contributed by atoms with Crippen molar-refractivity contribution in [3.05, 3.63) is 0 Å². The van der Waals surface area contributed by atoms with Gasteiger partial charge in [-0.15, -0.1) is 0 Å². The van der Waals surface area contributed by atoms with E-state index in [1.54, 1.807) is 0 Å². The van der Waals surface area contributed by atoms with Gasteiger partial charge in [-0.2, -0.15) is 0 Å². The van der Waals surface area contributed by atoms with Crippen LogP contribution in [0.5, 0.6) is 0 Å². The first kappa shape index (κ1) is 13.9. The summed E-state index contributed by atoms with van der Waals surface area (Å²) in [5.74, 6) is 2.95. The SMILES string of the molecule is CC(CCCBr)NC(=O)C12CC3CC(CC(C3)C1)C2. The summed E-state index contributed by atoms with van der Waals surface area (Å²) in [6, 6.07) is 0.332.